The largest absolute Gasteiger partial charge is 0.442 e. The van der Waals surface area contributed by atoms with Gasteiger partial charge in [0.1, 0.15) is 11.9 Å². The molecule has 0 saturated carbocycles. The van der Waals surface area contributed by atoms with Gasteiger partial charge < -0.3 is 20.1 Å². The molecule has 0 aromatic carbocycles. The summed E-state index contributed by atoms with van der Waals surface area (Å²) in [5, 5.41) is 0. The van der Waals surface area contributed by atoms with E-state index in [2.05, 4.69) is 19.8 Å². The summed E-state index contributed by atoms with van der Waals surface area (Å²) in [5.74, 6) is 1.07. The number of amides is 1. The van der Waals surface area contributed by atoms with Crippen LogP contribution in [0.1, 0.15) is 12.1 Å². The smallest absolute Gasteiger partial charge is 0.410 e. The van der Waals surface area contributed by atoms with E-state index >= 15 is 0 Å². The third-order valence-corrected chi connectivity index (χ3v) is 5.28. The van der Waals surface area contributed by atoms with Crippen LogP contribution in [0.15, 0.2) is 6.07 Å². The second-order valence-electron chi connectivity index (χ2n) is 7.12. The predicted molar refractivity (Wildman–Crippen MR) is 96.0 cm³/mol. The summed E-state index contributed by atoms with van der Waals surface area (Å²) >= 11 is 0. The van der Waals surface area contributed by atoms with E-state index in [0.29, 0.717) is 13.1 Å². The van der Waals surface area contributed by atoms with Gasteiger partial charge in [-0.3, -0.25) is 9.80 Å². The van der Waals surface area contributed by atoms with Gasteiger partial charge in [-0.2, -0.15) is 4.98 Å². The molecule has 4 heterocycles. The molecule has 1 amide bonds. The lowest BCUT2D eigenvalue weighted by Crippen LogP contribution is -2.41. The molecule has 0 radical (unpaired) electrons. The summed E-state index contributed by atoms with van der Waals surface area (Å²) in [5.41, 5.74) is 6.61. The molecule has 3 aliphatic rings. The summed E-state index contributed by atoms with van der Waals surface area (Å²) in [4.78, 5) is 27.1. The molecular formula is C17H26N6O3. The second-order valence-corrected chi connectivity index (χ2v) is 7.12. The average molecular weight is 362 g/mol. The minimum absolute atomic E-state index is 0.0729. The standard InChI is InChI=1S/C17H26N6O3/c1-12-9-15(20-16(18)19-12)22-10-13-14(11-22)26-17(24)23(13)4-2-3-21-5-7-25-8-6-21/h9,13-14H,2-8,10-11H2,1H3,(H2,18,19,20)/t13-,14+/m0/s1. The maximum atomic E-state index is 12.2. The monoisotopic (exact) mass is 362 g/mol. The first kappa shape index (κ1) is 17.3. The number of aromatic nitrogens is 2. The molecule has 0 spiro atoms. The van der Waals surface area contributed by atoms with Crippen molar-refractivity contribution in [3.05, 3.63) is 11.8 Å². The molecule has 0 bridgehead atoms. The molecule has 3 aliphatic heterocycles. The Morgan fingerprint density at radius 2 is 2.04 bits per heavy atom. The third kappa shape index (κ3) is 3.54. The highest BCUT2D eigenvalue weighted by Crippen LogP contribution is 2.30. The van der Waals surface area contributed by atoms with Gasteiger partial charge in [0.05, 0.1) is 25.8 Å². The number of aryl methyl sites for hydroxylation is 1. The summed E-state index contributed by atoms with van der Waals surface area (Å²) in [6.45, 7) is 8.50. The zero-order valence-corrected chi connectivity index (χ0v) is 15.1. The molecule has 1 aromatic heterocycles. The Hall–Kier alpha value is -2.13. The van der Waals surface area contributed by atoms with Crippen molar-refractivity contribution in [2.24, 2.45) is 0 Å². The van der Waals surface area contributed by atoms with Crippen molar-refractivity contribution >= 4 is 17.9 Å². The van der Waals surface area contributed by atoms with E-state index in [1.807, 2.05) is 17.9 Å². The van der Waals surface area contributed by atoms with Gasteiger partial charge in [0, 0.05) is 44.5 Å². The molecule has 9 nitrogen and oxygen atoms in total. The highest BCUT2D eigenvalue weighted by Gasteiger charge is 2.47. The van der Waals surface area contributed by atoms with Gasteiger partial charge in [-0.1, -0.05) is 0 Å². The Morgan fingerprint density at radius 1 is 1.23 bits per heavy atom. The zero-order chi connectivity index (χ0) is 18.1. The molecule has 0 aliphatic carbocycles. The number of anilines is 2. The maximum absolute atomic E-state index is 12.2. The number of hydrogen-bond donors (Lipinski definition) is 1. The maximum Gasteiger partial charge on any atom is 0.410 e. The molecule has 2 N–H and O–H groups in total. The highest BCUT2D eigenvalue weighted by atomic mass is 16.6. The number of rotatable bonds is 5. The van der Waals surface area contributed by atoms with Crippen molar-refractivity contribution in [1.82, 2.24) is 19.8 Å². The lowest BCUT2D eigenvalue weighted by molar-refractivity contribution is 0.0363. The first-order chi connectivity index (χ1) is 12.6. The Bertz CT molecular complexity index is 646. The molecule has 9 heteroatoms. The predicted octanol–water partition coefficient (Wildman–Crippen LogP) is 0.0989. The van der Waals surface area contributed by atoms with Crippen LogP contribution < -0.4 is 10.6 Å². The van der Waals surface area contributed by atoms with Gasteiger partial charge in [0.25, 0.3) is 0 Å². The van der Waals surface area contributed by atoms with Crippen LogP contribution in [-0.2, 0) is 9.47 Å². The number of carbonyl (C=O) groups is 1. The summed E-state index contributed by atoms with van der Waals surface area (Å²) in [6, 6.07) is 1.99. The first-order valence-corrected chi connectivity index (χ1v) is 9.23. The fraction of sp³-hybridized carbons (Fsp3) is 0.706. The van der Waals surface area contributed by atoms with Gasteiger partial charge in [-0.15, -0.1) is 0 Å². The molecule has 26 heavy (non-hydrogen) atoms. The van der Waals surface area contributed by atoms with E-state index in [0.717, 1.165) is 57.3 Å². The second kappa shape index (κ2) is 7.24. The van der Waals surface area contributed by atoms with Crippen molar-refractivity contribution in [3.8, 4) is 0 Å². The molecule has 4 rings (SSSR count). The minimum atomic E-state index is -0.194. The van der Waals surface area contributed by atoms with E-state index in [1.54, 1.807) is 0 Å². The van der Waals surface area contributed by atoms with E-state index in [1.165, 1.54) is 0 Å². The number of fused-ring (bicyclic) bond motifs is 1. The molecule has 2 atom stereocenters. The Morgan fingerprint density at radius 3 is 2.81 bits per heavy atom. The summed E-state index contributed by atoms with van der Waals surface area (Å²) in [6.07, 6.45) is 0.639. The SMILES string of the molecule is Cc1cc(N2C[C@H]3OC(=O)N(CCCN4CCOCC4)[C@H]3C2)nc(N)n1. The Kier molecular flexibility index (Phi) is 4.82. The van der Waals surface area contributed by atoms with E-state index < -0.39 is 0 Å². The van der Waals surface area contributed by atoms with Gasteiger partial charge in [-0.25, -0.2) is 9.78 Å². The van der Waals surface area contributed by atoms with Crippen LogP contribution in [0.4, 0.5) is 16.6 Å². The first-order valence-electron chi connectivity index (χ1n) is 9.23. The number of nitrogen functional groups attached to an aromatic ring is 1. The van der Waals surface area contributed by atoms with E-state index in [-0.39, 0.29) is 24.2 Å². The van der Waals surface area contributed by atoms with Crippen molar-refractivity contribution in [1.29, 1.82) is 0 Å². The number of nitrogens with two attached hydrogens (primary N) is 1. The molecule has 1 aromatic rings. The minimum Gasteiger partial charge on any atom is -0.442 e. The third-order valence-electron chi connectivity index (χ3n) is 5.28. The Balaban J connectivity index is 1.35. The van der Waals surface area contributed by atoms with Crippen LogP contribution in [0.2, 0.25) is 0 Å². The van der Waals surface area contributed by atoms with Gasteiger partial charge in [0.15, 0.2) is 0 Å². The number of morpholine rings is 1. The lowest BCUT2D eigenvalue weighted by Gasteiger charge is -2.28. The van der Waals surface area contributed by atoms with Gasteiger partial charge in [-0.05, 0) is 13.3 Å². The number of ether oxygens (including phenoxy) is 2. The molecule has 3 saturated heterocycles. The number of nitrogens with zero attached hydrogens (tertiary/aromatic N) is 5. The molecule has 0 unspecified atom stereocenters. The fourth-order valence-corrected chi connectivity index (χ4v) is 3.97. The quantitative estimate of drug-likeness (QED) is 0.788. The number of hydrogen-bond acceptors (Lipinski definition) is 8. The number of carbonyl (C=O) groups excluding carboxylic acids is 1. The van der Waals surface area contributed by atoms with Crippen LogP contribution in [0.5, 0.6) is 0 Å². The molecule has 3 fully saturated rings. The van der Waals surface area contributed by atoms with Crippen LogP contribution >= 0.6 is 0 Å². The van der Waals surface area contributed by atoms with Crippen LogP contribution in [0, 0.1) is 6.92 Å². The topological polar surface area (TPSA) is 97.0 Å². The summed E-state index contributed by atoms with van der Waals surface area (Å²) < 4.78 is 11.0. The Labute approximate surface area is 153 Å². The zero-order valence-electron chi connectivity index (χ0n) is 15.1. The fourth-order valence-electron chi connectivity index (χ4n) is 3.97. The average Bonchev–Trinajstić information content (AvgIpc) is 3.13. The molecule has 142 valence electrons. The van der Waals surface area contributed by atoms with Crippen LogP contribution in [0.25, 0.3) is 0 Å². The lowest BCUT2D eigenvalue weighted by atomic mass is 10.2. The van der Waals surface area contributed by atoms with E-state index in [9.17, 15) is 4.79 Å². The van der Waals surface area contributed by atoms with Crippen molar-refractivity contribution < 1.29 is 14.3 Å². The molecular weight excluding hydrogens is 336 g/mol. The van der Waals surface area contributed by atoms with Gasteiger partial charge >= 0.3 is 6.09 Å². The van der Waals surface area contributed by atoms with Gasteiger partial charge in [0.2, 0.25) is 5.95 Å². The van der Waals surface area contributed by atoms with Crippen molar-refractivity contribution in [2.75, 3.05) is 63.1 Å². The normalized spacial score (nSPS) is 26.3. The summed E-state index contributed by atoms with van der Waals surface area (Å²) in [7, 11) is 0. The van der Waals surface area contributed by atoms with Crippen molar-refractivity contribution in [3.63, 3.8) is 0 Å². The van der Waals surface area contributed by atoms with Crippen molar-refractivity contribution in [2.45, 2.75) is 25.5 Å². The highest BCUT2D eigenvalue weighted by molar-refractivity contribution is 5.71. The van der Waals surface area contributed by atoms with Crippen LogP contribution in [0.3, 0.4) is 0 Å². The van der Waals surface area contributed by atoms with E-state index in [4.69, 9.17) is 15.2 Å². The van der Waals surface area contributed by atoms with Crippen LogP contribution in [-0.4, -0.2) is 90.5 Å².